The van der Waals surface area contributed by atoms with Gasteiger partial charge in [0.1, 0.15) is 11.5 Å². The Morgan fingerprint density at radius 3 is 2.25 bits per heavy atom. The van der Waals surface area contributed by atoms with Crippen LogP contribution in [-0.2, 0) is 0 Å². The van der Waals surface area contributed by atoms with E-state index in [1.807, 2.05) is 36.4 Å². The van der Waals surface area contributed by atoms with Crippen molar-refractivity contribution in [2.45, 2.75) is 6.04 Å². The van der Waals surface area contributed by atoms with Gasteiger partial charge in [-0.05, 0) is 22.9 Å². The Morgan fingerprint density at radius 1 is 0.750 bits per heavy atom. The lowest BCUT2D eigenvalue weighted by molar-refractivity contribution is 0.456. The van der Waals surface area contributed by atoms with Crippen LogP contribution < -0.4 is 5.73 Å². The second-order valence-corrected chi connectivity index (χ2v) is 4.76. The SMILES string of the molecule is N[C@H](c1ccccc1O)c1c(O)ccc2ccccc12. The Labute approximate surface area is 116 Å². The van der Waals surface area contributed by atoms with Crippen molar-refractivity contribution < 1.29 is 10.2 Å². The van der Waals surface area contributed by atoms with Gasteiger partial charge in [0.05, 0.1) is 6.04 Å². The lowest BCUT2D eigenvalue weighted by Crippen LogP contribution is -2.12. The number of rotatable bonds is 2. The molecular weight excluding hydrogens is 250 g/mol. The van der Waals surface area contributed by atoms with Crippen molar-refractivity contribution in [3.05, 3.63) is 71.8 Å². The smallest absolute Gasteiger partial charge is 0.121 e. The van der Waals surface area contributed by atoms with Crippen molar-refractivity contribution in [3.8, 4) is 11.5 Å². The number of phenols is 2. The normalized spacial score (nSPS) is 12.4. The van der Waals surface area contributed by atoms with Crippen LogP contribution in [0.15, 0.2) is 60.7 Å². The first-order chi connectivity index (χ1) is 9.68. The van der Waals surface area contributed by atoms with Gasteiger partial charge in [-0.25, -0.2) is 0 Å². The van der Waals surface area contributed by atoms with E-state index in [1.54, 1.807) is 24.3 Å². The van der Waals surface area contributed by atoms with Crippen molar-refractivity contribution in [2.75, 3.05) is 0 Å². The molecule has 0 heterocycles. The highest BCUT2D eigenvalue weighted by molar-refractivity contribution is 5.88. The van der Waals surface area contributed by atoms with Crippen LogP contribution in [0.25, 0.3) is 10.8 Å². The highest BCUT2D eigenvalue weighted by Crippen LogP contribution is 2.36. The third-order valence-corrected chi connectivity index (χ3v) is 3.53. The van der Waals surface area contributed by atoms with E-state index in [-0.39, 0.29) is 11.5 Å². The molecule has 1 atom stereocenters. The summed E-state index contributed by atoms with van der Waals surface area (Å²) in [6.45, 7) is 0. The van der Waals surface area contributed by atoms with Gasteiger partial charge < -0.3 is 15.9 Å². The molecule has 0 unspecified atom stereocenters. The van der Waals surface area contributed by atoms with Crippen LogP contribution in [0.3, 0.4) is 0 Å². The summed E-state index contributed by atoms with van der Waals surface area (Å²) < 4.78 is 0. The molecule has 4 N–H and O–H groups in total. The van der Waals surface area contributed by atoms with E-state index in [2.05, 4.69) is 0 Å². The Kier molecular flexibility index (Phi) is 3.05. The van der Waals surface area contributed by atoms with Crippen LogP contribution in [0, 0.1) is 0 Å². The fourth-order valence-electron chi connectivity index (χ4n) is 2.52. The minimum absolute atomic E-state index is 0.132. The van der Waals surface area contributed by atoms with Gasteiger partial charge in [-0.15, -0.1) is 0 Å². The summed E-state index contributed by atoms with van der Waals surface area (Å²) in [5.74, 6) is 0.270. The largest absolute Gasteiger partial charge is 0.508 e. The number of phenolic OH excluding ortho intramolecular Hbond substituents is 2. The molecule has 0 aliphatic rings. The van der Waals surface area contributed by atoms with Gasteiger partial charge in [0.25, 0.3) is 0 Å². The van der Waals surface area contributed by atoms with Crippen LogP contribution >= 0.6 is 0 Å². The molecule has 0 aliphatic carbocycles. The second kappa shape index (κ2) is 4.87. The van der Waals surface area contributed by atoms with E-state index in [1.165, 1.54) is 0 Å². The zero-order chi connectivity index (χ0) is 14.1. The topological polar surface area (TPSA) is 66.5 Å². The number of nitrogens with two attached hydrogens (primary N) is 1. The Morgan fingerprint density at radius 2 is 1.45 bits per heavy atom. The molecule has 3 heteroatoms. The summed E-state index contributed by atoms with van der Waals surface area (Å²) in [7, 11) is 0. The molecule has 0 bridgehead atoms. The summed E-state index contributed by atoms with van der Waals surface area (Å²) in [6, 6.07) is 17.6. The number of para-hydroxylation sites is 1. The molecule has 0 fully saturated rings. The van der Waals surface area contributed by atoms with Crippen molar-refractivity contribution in [2.24, 2.45) is 5.73 Å². The van der Waals surface area contributed by atoms with E-state index in [0.29, 0.717) is 11.1 Å². The zero-order valence-electron chi connectivity index (χ0n) is 10.8. The van der Waals surface area contributed by atoms with E-state index >= 15 is 0 Å². The Hall–Kier alpha value is -2.52. The molecular formula is C17H15NO2. The monoisotopic (exact) mass is 265 g/mol. The third kappa shape index (κ3) is 1.98. The number of benzene rings is 3. The maximum Gasteiger partial charge on any atom is 0.121 e. The summed E-state index contributed by atoms with van der Waals surface area (Å²) in [4.78, 5) is 0. The molecule has 100 valence electrons. The first kappa shape index (κ1) is 12.5. The lowest BCUT2D eigenvalue weighted by atomic mass is 9.93. The van der Waals surface area contributed by atoms with E-state index in [9.17, 15) is 10.2 Å². The Bertz CT molecular complexity index is 768. The van der Waals surface area contributed by atoms with Gasteiger partial charge >= 0.3 is 0 Å². The molecule has 0 saturated carbocycles. The predicted octanol–water partition coefficient (Wildman–Crippen LogP) is 3.30. The minimum atomic E-state index is -0.581. The highest BCUT2D eigenvalue weighted by Gasteiger charge is 2.18. The van der Waals surface area contributed by atoms with Crippen molar-refractivity contribution >= 4 is 10.8 Å². The molecule has 0 saturated heterocycles. The van der Waals surface area contributed by atoms with Crippen LogP contribution in [0.2, 0.25) is 0 Å². The molecule has 3 nitrogen and oxygen atoms in total. The molecule has 0 amide bonds. The summed E-state index contributed by atoms with van der Waals surface area (Å²) >= 11 is 0. The average Bonchev–Trinajstić information content (AvgIpc) is 2.47. The summed E-state index contributed by atoms with van der Waals surface area (Å²) in [5.41, 5.74) is 7.49. The number of hydrogen-bond acceptors (Lipinski definition) is 3. The summed E-state index contributed by atoms with van der Waals surface area (Å²) in [6.07, 6.45) is 0. The van der Waals surface area contributed by atoms with Crippen molar-refractivity contribution in [3.63, 3.8) is 0 Å². The van der Waals surface area contributed by atoms with Crippen LogP contribution in [0.5, 0.6) is 11.5 Å². The molecule has 0 radical (unpaired) electrons. The molecule has 20 heavy (non-hydrogen) atoms. The van der Waals surface area contributed by atoms with Gasteiger partial charge in [-0.3, -0.25) is 0 Å². The second-order valence-electron chi connectivity index (χ2n) is 4.76. The van der Waals surface area contributed by atoms with Gasteiger partial charge in [0.2, 0.25) is 0 Å². The van der Waals surface area contributed by atoms with E-state index < -0.39 is 6.04 Å². The molecule has 3 rings (SSSR count). The molecule has 3 aromatic rings. The predicted molar refractivity (Wildman–Crippen MR) is 79.8 cm³/mol. The molecule has 0 aromatic heterocycles. The van der Waals surface area contributed by atoms with Gasteiger partial charge in [-0.1, -0.05) is 48.5 Å². The highest BCUT2D eigenvalue weighted by atomic mass is 16.3. The average molecular weight is 265 g/mol. The molecule has 0 spiro atoms. The maximum atomic E-state index is 10.2. The fourth-order valence-corrected chi connectivity index (χ4v) is 2.52. The van der Waals surface area contributed by atoms with Gasteiger partial charge in [0, 0.05) is 11.1 Å². The Balaban J connectivity index is 2.24. The zero-order valence-corrected chi connectivity index (χ0v) is 10.8. The summed E-state index contributed by atoms with van der Waals surface area (Å²) in [5, 5.41) is 22.0. The first-order valence-electron chi connectivity index (χ1n) is 6.42. The molecule has 0 aliphatic heterocycles. The van der Waals surface area contributed by atoms with Crippen molar-refractivity contribution in [1.82, 2.24) is 0 Å². The van der Waals surface area contributed by atoms with E-state index in [0.717, 1.165) is 10.8 Å². The van der Waals surface area contributed by atoms with Crippen molar-refractivity contribution in [1.29, 1.82) is 0 Å². The van der Waals surface area contributed by atoms with Gasteiger partial charge in [0.15, 0.2) is 0 Å². The quantitative estimate of drug-likeness (QED) is 0.666. The number of aromatic hydroxyl groups is 2. The van der Waals surface area contributed by atoms with E-state index in [4.69, 9.17) is 5.73 Å². The molecule has 3 aromatic carbocycles. The van der Waals surface area contributed by atoms with Crippen LogP contribution in [0.4, 0.5) is 0 Å². The first-order valence-corrected chi connectivity index (χ1v) is 6.42. The number of fused-ring (bicyclic) bond motifs is 1. The standard InChI is InChI=1S/C17H15NO2/c18-17(13-7-3-4-8-14(13)19)16-12-6-2-1-5-11(12)9-10-15(16)20/h1-10,17,19-20H,18H2/t17-/m1/s1. The maximum absolute atomic E-state index is 10.2. The van der Waals surface area contributed by atoms with Gasteiger partial charge in [-0.2, -0.15) is 0 Å². The minimum Gasteiger partial charge on any atom is -0.508 e. The number of hydrogen-bond donors (Lipinski definition) is 3. The van der Waals surface area contributed by atoms with Crippen LogP contribution in [0.1, 0.15) is 17.2 Å². The lowest BCUT2D eigenvalue weighted by Gasteiger charge is -2.17. The third-order valence-electron chi connectivity index (χ3n) is 3.53. The fraction of sp³-hybridized carbons (Fsp3) is 0.0588. The van der Waals surface area contributed by atoms with Crippen LogP contribution in [-0.4, -0.2) is 10.2 Å².